The molecule has 0 radical (unpaired) electrons. The monoisotopic (exact) mass is 568 g/mol. The van der Waals surface area contributed by atoms with Gasteiger partial charge in [-0.2, -0.15) is 0 Å². The highest BCUT2D eigenvalue weighted by atomic mass is 35.5. The quantitative estimate of drug-likeness (QED) is 0.290. The third-order valence-corrected chi connectivity index (χ3v) is 7.14. The lowest BCUT2D eigenvalue weighted by molar-refractivity contribution is -0.144. The fourth-order valence-corrected chi connectivity index (χ4v) is 5.06. The molecule has 0 saturated carbocycles. The zero-order valence-corrected chi connectivity index (χ0v) is 23.0. The second kappa shape index (κ2) is 13.1. The number of aromatic nitrogens is 1. The van der Waals surface area contributed by atoms with Gasteiger partial charge in [-0.25, -0.2) is 14.6 Å². The molecule has 2 unspecified atom stereocenters. The van der Waals surface area contributed by atoms with Gasteiger partial charge in [0.1, 0.15) is 10.9 Å². The molecule has 0 saturated heterocycles. The van der Waals surface area contributed by atoms with Crippen molar-refractivity contribution in [2.75, 3.05) is 26.9 Å². The van der Waals surface area contributed by atoms with E-state index in [9.17, 15) is 14.4 Å². The van der Waals surface area contributed by atoms with Gasteiger partial charge in [0.05, 0.1) is 54.9 Å². The highest BCUT2D eigenvalue weighted by molar-refractivity contribution is 7.09. The predicted octanol–water partition coefficient (Wildman–Crippen LogP) is 5.01. The SMILES string of the molecule is CCOC(=O)C1=C(COCc2nc(C(=O)OCC)cs2)N=C(C)C(C(=O)OC)C1c1cccc(Cl)c1Cl. The Morgan fingerprint density at radius 1 is 1.05 bits per heavy atom. The van der Waals surface area contributed by atoms with E-state index in [0.29, 0.717) is 16.3 Å². The van der Waals surface area contributed by atoms with Gasteiger partial charge in [-0.15, -0.1) is 11.3 Å². The van der Waals surface area contributed by atoms with E-state index in [1.54, 1.807) is 44.4 Å². The third kappa shape index (κ3) is 6.56. The van der Waals surface area contributed by atoms with Gasteiger partial charge in [0.15, 0.2) is 5.69 Å². The minimum atomic E-state index is -0.935. The van der Waals surface area contributed by atoms with Crippen molar-refractivity contribution >= 4 is 58.2 Å². The fraction of sp³-hybridized carbons (Fsp3) is 0.400. The summed E-state index contributed by atoms with van der Waals surface area (Å²) in [5, 5.41) is 2.60. The summed E-state index contributed by atoms with van der Waals surface area (Å²) in [4.78, 5) is 46.7. The molecule has 0 N–H and O–H groups in total. The Labute approximate surface area is 228 Å². The van der Waals surface area contributed by atoms with Crippen LogP contribution in [0.5, 0.6) is 0 Å². The highest BCUT2D eigenvalue weighted by Crippen LogP contribution is 2.44. The first-order chi connectivity index (χ1) is 17.7. The van der Waals surface area contributed by atoms with E-state index in [1.807, 2.05) is 0 Å². The van der Waals surface area contributed by atoms with Crippen LogP contribution in [0.25, 0.3) is 0 Å². The Morgan fingerprint density at radius 3 is 2.43 bits per heavy atom. The van der Waals surface area contributed by atoms with Gasteiger partial charge >= 0.3 is 17.9 Å². The molecule has 0 bridgehead atoms. The van der Waals surface area contributed by atoms with Crippen molar-refractivity contribution in [2.24, 2.45) is 10.9 Å². The summed E-state index contributed by atoms with van der Waals surface area (Å²) in [7, 11) is 1.26. The van der Waals surface area contributed by atoms with Gasteiger partial charge in [0.25, 0.3) is 0 Å². The van der Waals surface area contributed by atoms with Crippen LogP contribution in [-0.2, 0) is 35.1 Å². The fourth-order valence-electron chi connectivity index (χ4n) is 3.93. The van der Waals surface area contributed by atoms with Crippen molar-refractivity contribution in [3.05, 3.63) is 61.2 Å². The number of carbonyl (C=O) groups is 3. The molecule has 198 valence electrons. The Morgan fingerprint density at radius 2 is 1.76 bits per heavy atom. The molecule has 1 aliphatic heterocycles. The number of carbonyl (C=O) groups excluding carboxylic acids is 3. The number of hydrogen-bond donors (Lipinski definition) is 0. The van der Waals surface area contributed by atoms with E-state index in [-0.39, 0.29) is 53.4 Å². The number of esters is 3. The Kier molecular flexibility index (Phi) is 10.2. The van der Waals surface area contributed by atoms with E-state index in [2.05, 4.69) is 9.98 Å². The lowest BCUT2D eigenvalue weighted by Crippen LogP contribution is -2.37. The zero-order valence-electron chi connectivity index (χ0n) is 20.7. The van der Waals surface area contributed by atoms with Gasteiger partial charge in [0.2, 0.25) is 0 Å². The smallest absolute Gasteiger partial charge is 0.357 e. The Balaban J connectivity index is 2.00. The summed E-state index contributed by atoms with van der Waals surface area (Å²) in [6, 6.07) is 4.99. The molecule has 2 aromatic rings. The second-order valence-corrected chi connectivity index (χ2v) is 9.52. The largest absolute Gasteiger partial charge is 0.468 e. The Hall–Kier alpha value is -2.79. The van der Waals surface area contributed by atoms with Gasteiger partial charge in [-0.05, 0) is 32.4 Å². The van der Waals surface area contributed by atoms with Crippen LogP contribution in [0.3, 0.4) is 0 Å². The van der Waals surface area contributed by atoms with Crippen LogP contribution in [0.1, 0.15) is 47.7 Å². The van der Waals surface area contributed by atoms with Crippen LogP contribution in [0.15, 0.2) is 39.8 Å². The molecular formula is C25H26Cl2N2O7S. The number of nitrogens with zero attached hydrogens (tertiary/aromatic N) is 2. The molecule has 1 aromatic carbocycles. The van der Waals surface area contributed by atoms with Crippen LogP contribution < -0.4 is 0 Å². The van der Waals surface area contributed by atoms with Crippen LogP contribution in [0.4, 0.5) is 0 Å². The molecule has 37 heavy (non-hydrogen) atoms. The molecular weight excluding hydrogens is 543 g/mol. The molecule has 9 nitrogen and oxygen atoms in total. The van der Waals surface area contributed by atoms with Crippen molar-refractivity contribution in [1.82, 2.24) is 4.98 Å². The first-order valence-electron chi connectivity index (χ1n) is 11.4. The average molecular weight is 569 g/mol. The van der Waals surface area contributed by atoms with Crippen LogP contribution >= 0.6 is 34.5 Å². The number of aliphatic imine (C=N–C) groups is 1. The molecule has 0 amide bonds. The summed E-state index contributed by atoms with van der Waals surface area (Å²) in [5.41, 5.74) is 1.47. The number of benzene rings is 1. The van der Waals surface area contributed by atoms with Gasteiger partial charge in [0, 0.05) is 17.0 Å². The molecule has 0 fully saturated rings. The maximum absolute atomic E-state index is 13.2. The van der Waals surface area contributed by atoms with Crippen molar-refractivity contribution < 1.29 is 33.3 Å². The van der Waals surface area contributed by atoms with Gasteiger partial charge in [-0.1, -0.05) is 35.3 Å². The van der Waals surface area contributed by atoms with E-state index in [1.165, 1.54) is 18.4 Å². The van der Waals surface area contributed by atoms with Crippen molar-refractivity contribution in [2.45, 2.75) is 33.3 Å². The molecule has 1 aliphatic rings. The van der Waals surface area contributed by atoms with Crippen molar-refractivity contribution in [1.29, 1.82) is 0 Å². The van der Waals surface area contributed by atoms with E-state index in [0.717, 1.165) is 0 Å². The van der Waals surface area contributed by atoms with Crippen molar-refractivity contribution in [3.8, 4) is 0 Å². The lowest BCUT2D eigenvalue weighted by atomic mass is 9.75. The van der Waals surface area contributed by atoms with E-state index in [4.69, 9.17) is 42.1 Å². The van der Waals surface area contributed by atoms with Crippen LogP contribution in [-0.4, -0.2) is 55.5 Å². The molecule has 1 aromatic heterocycles. The first-order valence-corrected chi connectivity index (χ1v) is 13.0. The average Bonchev–Trinajstić information content (AvgIpc) is 3.34. The summed E-state index contributed by atoms with van der Waals surface area (Å²) < 4.78 is 21.2. The summed E-state index contributed by atoms with van der Waals surface area (Å²) in [6.07, 6.45) is 0. The van der Waals surface area contributed by atoms with Gasteiger partial charge < -0.3 is 18.9 Å². The lowest BCUT2D eigenvalue weighted by Gasteiger charge is -2.32. The molecule has 3 rings (SSSR count). The highest BCUT2D eigenvalue weighted by Gasteiger charge is 2.44. The topological polar surface area (TPSA) is 113 Å². The predicted molar refractivity (Wildman–Crippen MR) is 139 cm³/mol. The maximum atomic E-state index is 13.2. The molecule has 2 atom stereocenters. The number of ether oxygens (including phenoxy) is 4. The molecule has 0 aliphatic carbocycles. The minimum Gasteiger partial charge on any atom is -0.468 e. The van der Waals surface area contributed by atoms with E-state index < -0.39 is 29.7 Å². The van der Waals surface area contributed by atoms with Crippen LogP contribution in [0, 0.1) is 5.92 Å². The summed E-state index contributed by atoms with van der Waals surface area (Å²) in [5.74, 6) is -3.57. The van der Waals surface area contributed by atoms with E-state index >= 15 is 0 Å². The summed E-state index contributed by atoms with van der Waals surface area (Å²) in [6.45, 7) is 5.37. The molecule has 2 heterocycles. The standard InChI is InChI=1S/C25H26Cl2N2O7S/c1-5-35-23(30)17-12-37-18(29-17)11-34-10-16-21(25(32)36-6-2)20(14-8-7-9-15(26)22(14)27)19(13(3)28-16)24(31)33-4/h7-9,12,19-20H,5-6,10-11H2,1-4H3. The normalized spacial score (nSPS) is 17.3. The number of thiazole rings is 1. The first kappa shape index (κ1) is 28.8. The third-order valence-electron chi connectivity index (χ3n) is 5.48. The van der Waals surface area contributed by atoms with Crippen LogP contribution in [0.2, 0.25) is 10.0 Å². The number of methoxy groups -OCH3 is 1. The zero-order chi connectivity index (χ0) is 27.1. The molecule has 0 spiro atoms. The van der Waals surface area contributed by atoms with Gasteiger partial charge in [-0.3, -0.25) is 9.79 Å². The number of rotatable bonds is 10. The maximum Gasteiger partial charge on any atom is 0.357 e. The minimum absolute atomic E-state index is 0.0568. The second-order valence-electron chi connectivity index (χ2n) is 7.80. The summed E-state index contributed by atoms with van der Waals surface area (Å²) >= 11 is 14.1. The van der Waals surface area contributed by atoms with Crippen molar-refractivity contribution in [3.63, 3.8) is 0 Å². The number of halogens is 2. The Bertz CT molecular complexity index is 1240. The number of hydrogen-bond acceptors (Lipinski definition) is 10. The molecule has 12 heteroatoms.